The molecular weight excluding hydrogens is 411 g/mol. The van der Waals surface area contributed by atoms with E-state index >= 15 is 0 Å². The van der Waals surface area contributed by atoms with Gasteiger partial charge in [-0.2, -0.15) is 0 Å². The third-order valence-corrected chi connectivity index (χ3v) is 5.23. The number of para-hydroxylation sites is 1. The van der Waals surface area contributed by atoms with Gasteiger partial charge in [-0.3, -0.25) is 9.69 Å². The number of halogens is 1. The summed E-state index contributed by atoms with van der Waals surface area (Å²) >= 11 is 0. The Hall–Kier alpha value is -3.94. The molecule has 32 heavy (non-hydrogen) atoms. The van der Waals surface area contributed by atoms with Crippen LogP contribution in [0.3, 0.4) is 0 Å². The van der Waals surface area contributed by atoms with E-state index in [0.717, 1.165) is 11.1 Å². The van der Waals surface area contributed by atoms with Gasteiger partial charge in [-0.05, 0) is 35.9 Å². The van der Waals surface area contributed by atoms with E-state index in [0.29, 0.717) is 36.9 Å². The number of nitrogens with one attached hydrogen (secondary N) is 1. The van der Waals surface area contributed by atoms with Gasteiger partial charge in [0, 0.05) is 25.2 Å². The van der Waals surface area contributed by atoms with Crippen molar-refractivity contribution in [1.29, 1.82) is 0 Å². The lowest BCUT2D eigenvalue weighted by molar-refractivity contribution is -0.115. The first kappa shape index (κ1) is 21.3. The smallest absolute Gasteiger partial charge is 0.326 e. The first-order valence-electron chi connectivity index (χ1n) is 10.2. The fraction of sp³-hybridized carbons (Fsp3) is 0.208. The van der Waals surface area contributed by atoms with Crippen LogP contribution in [0.15, 0.2) is 66.9 Å². The van der Waals surface area contributed by atoms with E-state index in [1.165, 1.54) is 18.3 Å². The van der Waals surface area contributed by atoms with Crippen LogP contribution < -0.4 is 15.0 Å². The van der Waals surface area contributed by atoms with Gasteiger partial charge in [0.2, 0.25) is 5.91 Å². The molecule has 1 aliphatic heterocycles. The van der Waals surface area contributed by atoms with Crippen LogP contribution in [0.2, 0.25) is 0 Å². The number of pyridine rings is 1. The summed E-state index contributed by atoms with van der Waals surface area (Å²) in [5.74, 6) is 0.683. The van der Waals surface area contributed by atoms with Crippen LogP contribution in [-0.2, 0) is 17.8 Å². The second-order valence-electron chi connectivity index (χ2n) is 7.42. The van der Waals surface area contributed by atoms with Crippen molar-refractivity contribution in [2.45, 2.75) is 13.0 Å². The van der Waals surface area contributed by atoms with Crippen molar-refractivity contribution in [3.05, 3.63) is 83.8 Å². The Labute approximate surface area is 185 Å². The summed E-state index contributed by atoms with van der Waals surface area (Å²) in [6.07, 6.45) is 1.71. The second kappa shape index (κ2) is 9.47. The van der Waals surface area contributed by atoms with E-state index in [-0.39, 0.29) is 24.2 Å². The SMILES string of the molecule is COc1ccccc1CC(=O)Nc1ccc(N2CCN(Cc3ccc(F)cc3)C2=O)nc1. The van der Waals surface area contributed by atoms with Crippen LogP contribution >= 0.6 is 0 Å². The molecule has 0 radical (unpaired) electrons. The van der Waals surface area contributed by atoms with Crippen LogP contribution in [0.1, 0.15) is 11.1 Å². The number of ether oxygens (including phenoxy) is 1. The number of methoxy groups -OCH3 is 1. The van der Waals surface area contributed by atoms with E-state index in [4.69, 9.17) is 4.74 Å². The molecule has 0 spiro atoms. The van der Waals surface area contributed by atoms with E-state index in [1.54, 1.807) is 41.2 Å². The normalized spacial score (nSPS) is 13.4. The third kappa shape index (κ3) is 4.85. The highest BCUT2D eigenvalue weighted by molar-refractivity contribution is 5.94. The van der Waals surface area contributed by atoms with Gasteiger partial charge in [0.1, 0.15) is 17.4 Å². The number of carbonyl (C=O) groups is 2. The molecule has 164 valence electrons. The molecule has 0 atom stereocenters. The lowest BCUT2D eigenvalue weighted by Crippen LogP contribution is -2.31. The molecule has 2 aromatic carbocycles. The Morgan fingerprint density at radius 3 is 2.59 bits per heavy atom. The van der Waals surface area contributed by atoms with Crippen molar-refractivity contribution < 1.29 is 18.7 Å². The Balaban J connectivity index is 1.35. The van der Waals surface area contributed by atoms with Crippen molar-refractivity contribution in [3.8, 4) is 5.75 Å². The molecular formula is C24H23FN4O3. The fourth-order valence-electron chi connectivity index (χ4n) is 3.60. The van der Waals surface area contributed by atoms with Crippen LogP contribution in [-0.4, -0.2) is 42.0 Å². The quantitative estimate of drug-likeness (QED) is 0.613. The number of aromatic nitrogens is 1. The summed E-state index contributed by atoms with van der Waals surface area (Å²) in [5.41, 5.74) is 2.20. The van der Waals surface area contributed by atoms with Crippen molar-refractivity contribution in [1.82, 2.24) is 9.88 Å². The topological polar surface area (TPSA) is 74.8 Å². The Bertz CT molecular complexity index is 1100. The molecule has 0 unspecified atom stereocenters. The van der Waals surface area contributed by atoms with Gasteiger partial charge in [0.05, 0.1) is 25.4 Å². The third-order valence-electron chi connectivity index (χ3n) is 5.23. The first-order valence-corrected chi connectivity index (χ1v) is 10.2. The molecule has 0 saturated carbocycles. The average molecular weight is 434 g/mol. The highest BCUT2D eigenvalue weighted by atomic mass is 19.1. The van der Waals surface area contributed by atoms with Gasteiger partial charge >= 0.3 is 6.03 Å². The largest absolute Gasteiger partial charge is 0.496 e. The van der Waals surface area contributed by atoms with Crippen molar-refractivity contribution in [2.75, 3.05) is 30.4 Å². The van der Waals surface area contributed by atoms with Gasteiger partial charge in [-0.1, -0.05) is 30.3 Å². The molecule has 3 amide bonds. The number of benzene rings is 2. The van der Waals surface area contributed by atoms with Crippen LogP contribution in [0, 0.1) is 5.82 Å². The summed E-state index contributed by atoms with van der Waals surface area (Å²) in [6, 6.07) is 16.7. The van der Waals surface area contributed by atoms with Crippen molar-refractivity contribution >= 4 is 23.4 Å². The zero-order chi connectivity index (χ0) is 22.5. The molecule has 3 aromatic rings. The van der Waals surface area contributed by atoms with Gasteiger partial charge in [-0.15, -0.1) is 0 Å². The molecule has 1 aromatic heterocycles. The standard InChI is InChI=1S/C24H23FN4O3/c1-32-21-5-3-2-4-18(21)14-23(30)27-20-10-11-22(26-15-20)29-13-12-28(24(29)31)16-17-6-8-19(25)9-7-17/h2-11,15H,12-14,16H2,1H3,(H,27,30). The number of nitrogens with zero attached hydrogens (tertiary/aromatic N) is 3. The van der Waals surface area contributed by atoms with Gasteiger partial charge in [0.25, 0.3) is 0 Å². The molecule has 0 aliphatic carbocycles. The Morgan fingerprint density at radius 1 is 1.09 bits per heavy atom. The zero-order valence-electron chi connectivity index (χ0n) is 17.6. The van der Waals surface area contributed by atoms with Gasteiger partial charge in [0.15, 0.2) is 0 Å². The maximum Gasteiger partial charge on any atom is 0.326 e. The lowest BCUT2D eigenvalue weighted by atomic mass is 10.1. The van der Waals surface area contributed by atoms with E-state index < -0.39 is 0 Å². The summed E-state index contributed by atoms with van der Waals surface area (Å²) in [5, 5.41) is 2.82. The Kier molecular flexibility index (Phi) is 6.30. The fourth-order valence-corrected chi connectivity index (χ4v) is 3.60. The van der Waals surface area contributed by atoms with Crippen molar-refractivity contribution in [2.24, 2.45) is 0 Å². The second-order valence-corrected chi connectivity index (χ2v) is 7.42. The van der Waals surface area contributed by atoms with Gasteiger partial charge in [-0.25, -0.2) is 14.2 Å². The van der Waals surface area contributed by atoms with Gasteiger partial charge < -0.3 is 15.0 Å². The maximum absolute atomic E-state index is 13.1. The number of urea groups is 1. The highest BCUT2D eigenvalue weighted by Gasteiger charge is 2.30. The summed E-state index contributed by atoms with van der Waals surface area (Å²) in [6.45, 7) is 1.47. The molecule has 1 N–H and O–H groups in total. The lowest BCUT2D eigenvalue weighted by Gasteiger charge is -2.18. The average Bonchev–Trinajstić information content (AvgIpc) is 3.16. The van der Waals surface area contributed by atoms with E-state index in [1.807, 2.05) is 24.3 Å². The number of amides is 3. The molecule has 4 rings (SSSR count). The number of carbonyl (C=O) groups excluding carboxylic acids is 2. The zero-order valence-corrected chi connectivity index (χ0v) is 17.6. The first-order chi connectivity index (χ1) is 15.5. The van der Waals surface area contributed by atoms with E-state index in [9.17, 15) is 14.0 Å². The van der Waals surface area contributed by atoms with Crippen molar-refractivity contribution in [3.63, 3.8) is 0 Å². The minimum absolute atomic E-state index is 0.158. The number of anilines is 2. The summed E-state index contributed by atoms with van der Waals surface area (Å²) < 4.78 is 18.4. The molecule has 1 aliphatic rings. The molecule has 2 heterocycles. The number of hydrogen-bond donors (Lipinski definition) is 1. The summed E-state index contributed by atoms with van der Waals surface area (Å²) in [7, 11) is 1.57. The van der Waals surface area contributed by atoms with Crippen LogP contribution in [0.5, 0.6) is 5.75 Å². The molecule has 0 bridgehead atoms. The predicted molar refractivity (Wildman–Crippen MR) is 119 cm³/mol. The summed E-state index contributed by atoms with van der Waals surface area (Å²) in [4.78, 5) is 32.8. The van der Waals surface area contributed by atoms with Crippen LogP contribution in [0.25, 0.3) is 0 Å². The molecule has 7 nitrogen and oxygen atoms in total. The maximum atomic E-state index is 13.1. The number of rotatable bonds is 7. The number of hydrogen-bond acceptors (Lipinski definition) is 4. The van der Waals surface area contributed by atoms with E-state index in [2.05, 4.69) is 10.3 Å². The molecule has 1 saturated heterocycles. The molecule has 8 heteroatoms. The minimum Gasteiger partial charge on any atom is -0.496 e. The van der Waals surface area contributed by atoms with Crippen LogP contribution in [0.4, 0.5) is 20.7 Å². The minimum atomic E-state index is -0.303. The molecule has 1 fully saturated rings. The predicted octanol–water partition coefficient (Wildman–Crippen LogP) is 3.85. The monoisotopic (exact) mass is 434 g/mol. The Morgan fingerprint density at radius 2 is 1.88 bits per heavy atom. The highest BCUT2D eigenvalue weighted by Crippen LogP contribution is 2.22.